The van der Waals surface area contributed by atoms with Crippen molar-refractivity contribution in [1.29, 1.82) is 0 Å². The van der Waals surface area contributed by atoms with Gasteiger partial charge in [-0.2, -0.15) is 4.98 Å². The minimum Gasteiger partial charge on any atom is -0.431 e. The van der Waals surface area contributed by atoms with E-state index in [1.165, 1.54) is 16.9 Å². The summed E-state index contributed by atoms with van der Waals surface area (Å²) in [5, 5.41) is 0.609. The highest BCUT2D eigenvalue weighted by Gasteiger charge is 2.29. The number of aromatic nitrogens is 2. The van der Waals surface area contributed by atoms with Crippen LogP contribution in [0.2, 0.25) is 0 Å². The van der Waals surface area contributed by atoms with Crippen LogP contribution < -0.4 is 4.74 Å². The van der Waals surface area contributed by atoms with Gasteiger partial charge in [-0.1, -0.05) is 23.5 Å². The molecular weight excluding hydrogens is 384 g/mol. The second-order valence-electron chi connectivity index (χ2n) is 7.67. The Hall–Kier alpha value is -2.51. The lowest BCUT2D eigenvalue weighted by Crippen LogP contribution is -2.57. The molecule has 3 heterocycles. The summed E-state index contributed by atoms with van der Waals surface area (Å²) < 4.78 is 6.92. The molecule has 152 valence electrons. The molecule has 1 aliphatic rings. The third-order valence-corrected chi connectivity index (χ3v) is 6.37. The van der Waals surface area contributed by atoms with Crippen LogP contribution in [0.3, 0.4) is 0 Å². The van der Waals surface area contributed by atoms with E-state index in [0.717, 1.165) is 42.2 Å². The number of piperazine rings is 1. The maximum absolute atomic E-state index is 11.7. The van der Waals surface area contributed by atoms with Crippen molar-refractivity contribution in [2.45, 2.75) is 39.3 Å². The zero-order valence-electron chi connectivity index (χ0n) is 17.0. The summed E-state index contributed by atoms with van der Waals surface area (Å²) in [6, 6.07) is 12.8. The largest absolute Gasteiger partial charge is 0.431 e. The molecule has 6 nitrogen and oxygen atoms in total. The third-order valence-electron chi connectivity index (χ3n) is 5.48. The summed E-state index contributed by atoms with van der Waals surface area (Å²) >= 11 is 1.50. The first-order valence-electron chi connectivity index (χ1n) is 9.99. The van der Waals surface area contributed by atoms with Gasteiger partial charge in [0, 0.05) is 44.8 Å². The molecule has 0 radical (unpaired) electrons. The fraction of sp³-hybridized carbons (Fsp3) is 0.409. The number of ether oxygens (including phenoxy) is 1. The van der Waals surface area contributed by atoms with Gasteiger partial charge >= 0.3 is 0 Å². The number of benzene rings is 1. The second-order valence-corrected chi connectivity index (χ2v) is 8.66. The number of amides is 1. The van der Waals surface area contributed by atoms with E-state index >= 15 is 0 Å². The summed E-state index contributed by atoms with van der Waals surface area (Å²) in [5.74, 6) is 0.952. The van der Waals surface area contributed by atoms with Gasteiger partial charge in [0.15, 0.2) is 5.65 Å². The summed E-state index contributed by atoms with van der Waals surface area (Å²) in [4.78, 5) is 24.9. The van der Waals surface area contributed by atoms with Gasteiger partial charge in [0.05, 0.1) is 4.70 Å². The molecule has 0 spiro atoms. The lowest BCUT2D eigenvalue weighted by atomic mass is 10.1. The van der Waals surface area contributed by atoms with Gasteiger partial charge in [0.25, 0.3) is 5.19 Å². The number of carbonyl (C=O) groups is 1. The summed E-state index contributed by atoms with van der Waals surface area (Å²) in [7, 11) is 0. The van der Waals surface area contributed by atoms with Crippen LogP contribution in [0.5, 0.6) is 10.9 Å². The number of thiazole rings is 1. The van der Waals surface area contributed by atoms with Crippen LogP contribution in [0.4, 0.5) is 0 Å². The van der Waals surface area contributed by atoms with Crippen molar-refractivity contribution < 1.29 is 9.53 Å². The molecule has 7 heteroatoms. The quantitative estimate of drug-likeness (QED) is 0.637. The average molecular weight is 411 g/mol. The first kappa shape index (κ1) is 19.8. The van der Waals surface area contributed by atoms with Crippen LogP contribution in [-0.4, -0.2) is 57.4 Å². The molecule has 3 aromatic rings. The van der Waals surface area contributed by atoms with Crippen molar-refractivity contribution in [2.24, 2.45) is 0 Å². The smallest absolute Gasteiger partial charge is 0.281 e. The fourth-order valence-corrected chi connectivity index (χ4v) is 4.63. The van der Waals surface area contributed by atoms with Gasteiger partial charge in [-0.25, -0.2) is 4.98 Å². The monoisotopic (exact) mass is 410 g/mol. The Morgan fingerprint density at radius 2 is 1.97 bits per heavy atom. The molecule has 0 aliphatic carbocycles. The van der Waals surface area contributed by atoms with Crippen molar-refractivity contribution >= 4 is 27.6 Å². The molecule has 1 saturated heterocycles. The summed E-state index contributed by atoms with van der Waals surface area (Å²) in [5.41, 5.74) is 1.99. The number of nitrogens with zero attached hydrogens (tertiary/aromatic N) is 4. The summed E-state index contributed by atoms with van der Waals surface area (Å²) in [6.45, 7) is 8.71. The Balaban J connectivity index is 1.33. The molecule has 29 heavy (non-hydrogen) atoms. The molecule has 0 unspecified atom stereocenters. The Bertz CT molecular complexity index is 955. The zero-order chi connectivity index (χ0) is 20.4. The molecular formula is C22H26N4O2S. The molecule has 2 aromatic heterocycles. The van der Waals surface area contributed by atoms with Gasteiger partial charge < -0.3 is 9.64 Å². The highest BCUT2D eigenvalue weighted by molar-refractivity contribution is 7.20. The van der Waals surface area contributed by atoms with E-state index < -0.39 is 0 Å². The maximum atomic E-state index is 11.7. The molecule has 1 fully saturated rings. The van der Waals surface area contributed by atoms with E-state index in [9.17, 15) is 4.79 Å². The molecule has 1 amide bonds. The lowest BCUT2D eigenvalue weighted by molar-refractivity contribution is -0.134. The topological polar surface area (TPSA) is 58.6 Å². The van der Waals surface area contributed by atoms with Gasteiger partial charge in [0.2, 0.25) is 5.91 Å². The molecule has 0 N–H and O–H groups in total. The minimum absolute atomic E-state index is 0.170. The van der Waals surface area contributed by atoms with E-state index in [2.05, 4.69) is 40.8 Å². The first-order chi connectivity index (χ1) is 14.0. The van der Waals surface area contributed by atoms with Gasteiger partial charge in [0.1, 0.15) is 5.75 Å². The van der Waals surface area contributed by atoms with Crippen LogP contribution in [0, 0.1) is 0 Å². The molecule has 4 rings (SSSR count). The van der Waals surface area contributed by atoms with Crippen molar-refractivity contribution in [3.63, 3.8) is 0 Å². The Kier molecular flexibility index (Phi) is 5.78. The first-order valence-corrected chi connectivity index (χ1v) is 10.8. The van der Waals surface area contributed by atoms with Crippen LogP contribution in [-0.2, 0) is 11.2 Å². The third kappa shape index (κ3) is 4.57. The summed E-state index contributed by atoms with van der Waals surface area (Å²) in [6.07, 6.45) is 2.71. The second kappa shape index (κ2) is 8.47. The van der Waals surface area contributed by atoms with Crippen molar-refractivity contribution in [3.05, 3.63) is 48.2 Å². The lowest BCUT2D eigenvalue weighted by Gasteiger charge is -2.43. The predicted molar refractivity (Wildman–Crippen MR) is 116 cm³/mol. The van der Waals surface area contributed by atoms with Crippen molar-refractivity contribution in [3.8, 4) is 10.9 Å². The molecule has 2 atom stereocenters. The normalized spacial score (nSPS) is 20.2. The van der Waals surface area contributed by atoms with Crippen molar-refractivity contribution in [2.75, 3.05) is 19.6 Å². The van der Waals surface area contributed by atoms with Gasteiger partial charge in [-0.05, 0) is 50.1 Å². The molecule has 1 aliphatic heterocycles. The fourth-order valence-electron chi connectivity index (χ4n) is 3.84. The number of hydrogen-bond acceptors (Lipinski definition) is 6. The van der Waals surface area contributed by atoms with Crippen LogP contribution >= 0.6 is 11.3 Å². The number of pyridine rings is 1. The number of carbonyl (C=O) groups excluding carboxylic acids is 1. The van der Waals surface area contributed by atoms with E-state index in [4.69, 9.17) is 4.74 Å². The minimum atomic E-state index is 0.170. The predicted octanol–water partition coefficient (Wildman–Crippen LogP) is 3.97. The average Bonchev–Trinajstić information content (AvgIpc) is 3.11. The highest BCUT2D eigenvalue weighted by Crippen LogP contribution is 2.30. The Labute approximate surface area is 175 Å². The van der Waals surface area contributed by atoms with Crippen LogP contribution in [0.1, 0.15) is 26.3 Å². The van der Waals surface area contributed by atoms with Crippen LogP contribution in [0.15, 0.2) is 42.6 Å². The van der Waals surface area contributed by atoms with Gasteiger partial charge in [-0.3, -0.25) is 9.69 Å². The SMILES string of the molecule is CC(=O)N1C[C@H](C)N(CCc2ccc(Oc3nc4ncccc4s3)cc2)C[C@@H]1C. The van der Waals surface area contributed by atoms with E-state index in [1.54, 1.807) is 13.1 Å². The maximum Gasteiger partial charge on any atom is 0.281 e. The van der Waals surface area contributed by atoms with Crippen molar-refractivity contribution in [1.82, 2.24) is 19.8 Å². The van der Waals surface area contributed by atoms with Gasteiger partial charge in [-0.15, -0.1) is 0 Å². The standard InChI is InChI=1S/C22H26N4O2S/c1-15-14-26(17(3)27)16(2)13-25(15)12-10-18-6-8-19(9-7-18)28-22-24-21-20(29-22)5-4-11-23-21/h4-9,11,15-16H,10,12-14H2,1-3H3/t15-,16-/m0/s1. The van der Waals surface area contributed by atoms with Crippen LogP contribution in [0.25, 0.3) is 10.3 Å². The van der Waals surface area contributed by atoms with E-state index in [-0.39, 0.29) is 11.9 Å². The number of fused-ring (bicyclic) bond motifs is 1. The molecule has 1 aromatic carbocycles. The Morgan fingerprint density at radius 3 is 2.69 bits per heavy atom. The Morgan fingerprint density at radius 1 is 1.17 bits per heavy atom. The zero-order valence-corrected chi connectivity index (χ0v) is 17.9. The van der Waals surface area contributed by atoms with E-state index in [0.29, 0.717) is 11.2 Å². The van der Waals surface area contributed by atoms with E-state index in [1.807, 2.05) is 29.2 Å². The number of hydrogen-bond donors (Lipinski definition) is 0. The molecule has 0 bridgehead atoms. The molecule has 0 saturated carbocycles. The number of rotatable bonds is 5. The highest BCUT2D eigenvalue weighted by atomic mass is 32.1.